The summed E-state index contributed by atoms with van der Waals surface area (Å²) in [4.78, 5) is 0. The summed E-state index contributed by atoms with van der Waals surface area (Å²) in [7, 11) is 3.30. The van der Waals surface area contributed by atoms with Gasteiger partial charge in [0, 0.05) is 0 Å². The lowest BCUT2D eigenvalue weighted by Gasteiger charge is -2.28. The van der Waals surface area contributed by atoms with E-state index in [4.69, 9.17) is 14.2 Å². The average Bonchev–Trinajstić information content (AvgIpc) is 2.85. The van der Waals surface area contributed by atoms with Crippen molar-refractivity contribution >= 4 is 23.2 Å². The van der Waals surface area contributed by atoms with E-state index in [2.05, 4.69) is 79.7 Å². The molecule has 31 heavy (non-hydrogen) atoms. The van der Waals surface area contributed by atoms with Crippen molar-refractivity contribution < 1.29 is 14.2 Å². The fourth-order valence-electron chi connectivity index (χ4n) is 4.12. The maximum Gasteiger partial charge on any atom is 0.119 e. The van der Waals surface area contributed by atoms with Crippen LogP contribution < -0.4 is 30.1 Å². The Morgan fingerprint density at radius 1 is 0.516 bits per heavy atom. The summed E-state index contributed by atoms with van der Waals surface area (Å²) < 4.78 is 16.3. The molecule has 0 heterocycles. The van der Waals surface area contributed by atoms with Gasteiger partial charge >= 0.3 is 0 Å². The van der Waals surface area contributed by atoms with Gasteiger partial charge in [-0.15, -0.1) is 0 Å². The minimum absolute atomic E-state index is 0.886. The molecule has 0 atom stereocenters. The van der Waals surface area contributed by atoms with Crippen LogP contribution in [0.15, 0.2) is 72.8 Å². The van der Waals surface area contributed by atoms with Crippen molar-refractivity contribution in [3.63, 3.8) is 0 Å². The molecular weight excluding hydrogens is 403 g/mol. The van der Waals surface area contributed by atoms with Crippen molar-refractivity contribution in [1.29, 1.82) is 0 Å². The zero-order chi connectivity index (χ0) is 22.1. The molecule has 0 N–H and O–H groups in total. The minimum atomic E-state index is -1.85. The number of methoxy groups -OCH3 is 3. The molecule has 0 bridgehead atoms. The van der Waals surface area contributed by atoms with Crippen LogP contribution in [0, 0.1) is 0 Å². The third-order valence-electron chi connectivity index (χ3n) is 5.89. The Balaban J connectivity index is 2.18. The summed E-state index contributed by atoms with van der Waals surface area (Å²) >= 11 is 0. The van der Waals surface area contributed by atoms with E-state index in [1.54, 1.807) is 21.3 Å². The second-order valence-electron chi connectivity index (χ2n) is 7.69. The molecule has 0 spiro atoms. The van der Waals surface area contributed by atoms with Crippen LogP contribution in [-0.4, -0.2) is 27.5 Å². The van der Waals surface area contributed by atoms with Crippen molar-refractivity contribution in [1.82, 2.24) is 0 Å². The Labute approximate surface area is 187 Å². The van der Waals surface area contributed by atoms with Crippen molar-refractivity contribution in [3.8, 4) is 17.2 Å². The highest BCUT2D eigenvalue weighted by molar-refractivity contribution is 7.95. The summed E-state index contributed by atoms with van der Waals surface area (Å²) in [6.45, 7) is 2.26. The van der Waals surface area contributed by atoms with Crippen LogP contribution in [-0.2, 0) is 0 Å². The van der Waals surface area contributed by atoms with Crippen molar-refractivity contribution in [2.45, 2.75) is 32.6 Å². The average molecular weight is 438 g/mol. The zero-order valence-corrected chi connectivity index (χ0v) is 20.0. The Kier molecular flexibility index (Phi) is 8.37. The molecule has 0 fully saturated rings. The topological polar surface area (TPSA) is 27.7 Å². The lowest BCUT2D eigenvalue weighted by molar-refractivity contribution is 0.415. The third kappa shape index (κ3) is 5.22. The SMILES string of the molecule is CCCCCC[P+](c1ccc(OC)cc1)(c1ccc(OC)cc1)c1ccc(OC)cc1. The highest BCUT2D eigenvalue weighted by Crippen LogP contribution is 2.56. The van der Waals surface area contributed by atoms with E-state index >= 15 is 0 Å². The van der Waals surface area contributed by atoms with Gasteiger partial charge in [-0.25, -0.2) is 0 Å². The highest BCUT2D eigenvalue weighted by Gasteiger charge is 2.44. The van der Waals surface area contributed by atoms with E-state index < -0.39 is 7.26 Å². The summed E-state index contributed by atoms with van der Waals surface area (Å²) in [5.41, 5.74) is 0. The monoisotopic (exact) mass is 437 g/mol. The molecular formula is C27H34O3P+. The van der Waals surface area contributed by atoms with Crippen molar-refractivity contribution in [2.75, 3.05) is 27.5 Å². The van der Waals surface area contributed by atoms with Crippen LogP contribution in [0.5, 0.6) is 17.2 Å². The number of unbranched alkanes of at least 4 members (excludes halogenated alkanes) is 3. The molecule has 0 unspecified atom stereocenters. The van der Waals surface area contributed by atoms with E-state index in [0.29, 0.717) is 0 Å². The molecule has 0 radical (unpaired) electrons. The van der Waals surface area contributed by atoms with Crippen LogP contribution in [0.2, 0.25) is 0 Å². The number of hydrogen-bond acceptors (Lipinski definition) is 3. The van der Waals surface area contributed by atoms with E-state index in [-0.39, 0.29) is 0 Å². The van der Waals surface area contributed by atoms with Crippen LogP contribution in [0.3, 0.4) is 0 Å². The molecule has 3 aromatic rings. The Morgan fingerprint density at radius 3 is 1.16 bits per heavy atom. The lowest BCUT2D eigenvalue weighted by atomic mass is 10.2. The van der Waals surface area contributed by atoms with E-state index in [1.807, 2.05) is 0 Å². The second-order valence-corrected chi connectivity index (χ2v) is 11.3. The van der Waals surface area contributed by atoms with Gasteiger partial charge in [0.25, 0.3) is 0 Å². The van der Waals surface area contributed by atoms with Gasteiger partial charge in [0.05, 0.1) is 27.5 Å². The van der Waals surface area contributed by atoms with Crippen LogP contribution in [0.4, 0.5) is 0 Å². The number of hydrogen-bond donors (Lipinski definition) is 0. The third-order valence-corrected chi connectivity index (χ3v) is 10.4. The molecule has 3 nitrogen and oxygen atoms in total. The summed E-state index contributed by atoms with van der Waals surface area (Å²) in [6, 6.07) is 26.0. The van der Waals surface area contributed by atoms with Gasteiger partial charge in [0.1, 0.15) is 40.4 Å². The van der Waals surface area contributed by atoms with E-state index in [0.717, 1.165) is 23.4 Å². The molecule has 0 aliphatic rings. The van der Waals surface area contributed by atoms with Gasteiger partial charge in [-0.05, 0) is 85.6 Å². The minimum Gasteiger partial charge on any atom is -0.497 e. The molecule has 0 aromatic heterocycles. The molecule has 3 aromatic carbocycles. The van der Waals surface area contributed by atoms with Crippen molar-refractivity contribution in [2.24, 2.45) is 0 Å². The van der Waals surface area contributed by atoms with E-state index in [9.17, 15) is 0 Å². The summed E-state index contributed by atoms with van der Waals surface area (Å²) in [5.74, 6) is 2.66. The molecule has 0 saturated carbocycles. The van der Waals surface area contributed by atoms with Crippen LogP contribution >= 0.6 is 7.26 Å². The van der Waals surface area contributed by atoms with Gasteiger partial charge in [-0.2, -0.15) is 0 Å². The van der Waals surface area contributed by atoms with Crippen LogP contribution in [0.25, 0.3) is 0 Å². The maximum absolute atomic E-state index is 5.45. The van der Waals surface area contributed by atoms with Gasteiger partial charge in [-0.1, -0.05) is 19.8 Å². The number of benzene rings is 3. The Bertz CT molecular complexity index is 803. The first-order valence-corrected chi connectivity index (χ1v) is 13.0. The fraction of sp³-hybridized carbons (Fsp3) is 0.333. The second kappa shape index (κ2) is 11.2. The predicted octanol–water partition coefficient (Wildman–Crippen LogP) is 5.59. The fourth-order valence-corrected chi connectivity index (χ4v) is 8.46. The quantitative estimate of drug-likeness (QED) is 0.289. The van der Waals surface area contributed by atoms with Gasteiger partial charge < -0.3 is 14.2 Å². The number of ether oxygens (including phenoxy) is 3. The van der Waals surface area contributed by atoms with Crippen LogP contribution in [0.1, 0.15) is 32.6 Å². The normalized spacial score (nSPS) is 11.2. The molecule has 0 amide bonds. The zero-order valence-electron chi connectivity index (χ0n) is 19.1. The Morgan fingerprint density at radius 2 is 0.871 bits per heavy atom. The molecule has 4 heteroatoms. The van der Waals surface area contributed by atoms with Gasteiger partial charge in [-0.3, -0.25) is 0 Å². The van der Waals surface area contributed by atoms with Gasteiger partial charge in [0.15, 0.2) is 0 Å². The first-order chi connectivity index (χ1) is 15.2. The number of rotatable bonds is 11. The summed E-state index contributed by atoms with van der Waals surface area (Å²) in [5, 5.41) is 4.13. The standard InChI is InChI=1S/C27H34O3P/c1-5-6-7-8-21-31(25-15-9-22(28-2)10-16-25,26-17-11-23(29-3)12-18-26)27-19-13-24(30-4)14-20-27/h9-20H,5-8,21H2,1-4H3/q+1. The Hall–Kier alpha value is -2.51. The van der Waals surface area contributed by atoms with Gasteiger partial charge in [0.2, 0.25) is 0 Å². The molecule has 164 valence electrons. The highest BCUT2D eigenvalue weighted by atomic mass is 31.2. The molecule has 0 aliphatic carbocycles. The maximum atomic E-state index is 5.45. The molecule has 0 aliphatic heterocycles. The smallest absolute Gasteiger partial charge is 0.119 e. The largest absolute Gasteiger partial charge is 0.497 e. The lowest BCUT2D eigenvalue weighted by Crippen LogP contribution is -2.33. The predicted molar refractivity (Wildman–Crippen MR) is 134 cm³/mol. The van der Waals surface area contributed by atoms with Crippen molar-refractivity contribution in [3.05, 3.63) is 72.8 Å². The molecule has 0 saturated heterocycles. The molecule has 3 rings (SSSR count). The van der Waals surface area contributed by atoms with E-state index in [1.165, 1.54) is 41.6 Å². The summed E-state index contributed by atoms with van der Waals surface area (Å²) in [6.07, 6.45) is 6.09. The first-order valence-electron chi connectivity index (χ1n) is 11.0. The first kappa shape index (κ1) is 23.2.